The zero-order valence-corrected chi connectivity index (χ0v) is 13.7. The lowest BCUT2D eigenvalue weighted by Crippen LogP contribution is -2.15. The average molecular weight is 378 g/mol. The van der Waals surface area contributed by atoms with Gasteiger partial charge in [-0.2, -0.15) is 5.10 Å². The first-order valence-corrected chi connectivity index (χ1v) is 7.29. The second kappa shape index (κ2) is 6.72. The summed E-state index contributed by atoms with van der Waals surface area (Å²) in [4.78, 5) is 12.6. The summed E-state index contributed by atoms with van der Waals surface area (Å²) in [6.07, 6.45) is 1.57. The maximum Gasteiger partial charge on any atom is 0.213 e. The first-order chi connectivity index (χ1) is 9.54. The summed E-state index contributed by atoms with van der Waals surface area (Å²) >= 11 is 15.3. The Morgan fingerprint density at radius 3 is 2.90 bits per heavy atom. The maximum atomic E-state index is 12.6. The van der Waals surface area contributed by atoms with E-state index in [1.807, 2.05) is 0 Å². The summed E-state index contributed by atoms with van der Waals surface area (Å²) in [7, 11) is 1.59. The zero-order valence-electron chi connectivity index (χ0n) is 10.6. The molecule has 7 heteroatoms. The number of hydrogen-bond acceptors (Lipinski definition) is 3. The van der Waals surface area contributed by atoms with E-state index in [0.29, 0.717) is 38.9 Å². The Kier molecular flexibility index (Phi) is 5.21. The second-order valence-corrected chi connectivity index (χ2v) is 5.71. The van der Waals surface area contributed by atoms with Crippen LogP contribution in [0.3, 0.4) is 0 Å². The van der Waals surface area contributed by atoms with Gasteiger partial charge in [0.15, 0.2) is 0 Å². The van der Waals surface area contributed by atoms with Gasteiger partial charge in [0.1, 0.15) is 5.69 Å². The lowest BCUT2D eigenvalue weighted by Gasteiger charge is -2.08. The molecule has 4 nitrogen and oxygen atoms in total. The van der Waals surface area contributed by atoms with Crippen molar-refractivity contribution in [3.8, 4) is 0 Å². The van der Waals surface area contributed by atoms with Crippen molar-refractivity contribution in [1.82, 2.24) is 9.78 Å². The molecule has 0 radical (unpaired) electrons. The molecule has 0 bridgehead atoms. The number of rotatable bonds is 5. The number of aromatic nitrogens is 2. The quantitative estimate of drug-likeness (QED) is 0.743. The van der Waals surface area contributed by atoms with Crippen LogP contribution in [0.4, 0.5) is 0 Å². The Labute approximate surface area is 134 Å². The van der Waals surface area contributed by atoms with Crippen molar-refractivity contribution >= 4 is 44.9 Å². The molecule has 0 aliphatic heterocycles. The van der Waals surface area contributed by atoms with E-state index in [9.17, 15) is 4.79 Å². The molecule has 20 heavy (non-hydrogen) atoms. The molecule has 0 atom stereocenters. The Morgan fingerprint density at radius 1 is 1.45 bits per heavy atom. The van der Waals surface area contributed by atoms with Crippen LogP contribution in [0, 0.1) is 0 Å². The molecule has 2 rings (SSSR count). The molecule has 0 saturated carbocycles. The van der Waals surface area contributed by atoms with Gasteiger partial charge in [-0.05, 0) is 34.1 Å². The third kappa shape index (κ3) is 3.23. The summed E-state index contributed by atoms with van der Waals surface area (Å²) in [5.41, 5.74) is 0.769. The van der Waals surface area contributed by atoms with Gasteiger partial charge in [0.05, 0.1) is 28.8 Å². The van der Waals surface area contributed by atoms with E-state index >= 15 is 0 Å². The molecule has 0 amide bonds. The molecule has 106 valence electrons. The molecule has 0 N–H and O–H groups in total. The van der Waals surface area contributed by atoms with E-state index in [0.717, 1.165) is 0 Å². The second-order valence-electron chi connectivity index (χ2n) is 4.01. The van der Waals surface area contributed by atoms with E-state index in [-0.39, 0.29) is 5.78 Å². The topological polar surface area (TPSA) is 44.1 Å². The van der Waals surface area contributed by atoms with Crippen LogP contribution < -0.4 is 0 Å². The Hall–Kier alpha value is -0.880. The van der Waals surface area contributed by atoms with E-state index in [1.165, 1.54) is 0 Å². The van der Waals surface area contributed by atoms with Crippen LogP contribution in [0.15, 0.2) is 28.9 Å². The van der Waals surface area contributed by atoms with Gasteiger partial charge in [0, 0.05) is 17.7 Å². The largest absolute Gasteiger partial charge is 0.383 e. The predicted molar refractivity (Wildman–Crippen MR) is 81.7 cm³/mol. The smallest absolute Gasteiger partial charge is 0.213 e. The van der Waals surface area contributed by atoms with Crippen molar-refractivity contribution in [2.75, 3.05) is 13.7 Å². The summed E-state index contributed by atoms with van der Waals surface area (Å²) < 4.78 is 7.19. The van der Waals surface area contributed by atoms with Gasteiger partial charge >= 0.3 is 0 Å². The molecule has 0 aliphatic rings. The number of hydrogen-bond donors (Lipinski definition) is 0. The van der Waals surface area contributed by atoms with E-state index in [4.69, 9.17) is 27.9 Å². The predicted octanol–water partition coefficient (Wildman–Crippen LogP) is 3.83. The van der Waals surface area contributed by atoms with Crippen LogP contribution in [0.2, 0.25) is 10.0 Å². The monoisotopic (exact) mass is 376 g/mol. The summed E-state index contributed by atoms with van der Waals surface area (Å²) in [6, 6.07) is 4.78. The van der Waals surface area contributed by atoms with Crippen molar-refractivity contribution in [2.45, 2.75) is 6.54 Å². The number of ether oxygens (including phenoxy) is 1. The highest BCUT2D eigenvalue weighted by molar-refractivity contribution is 9.10. The van der Waals surface area contributed by atoms with E-state index < -0.39 is 0 Å². The van der Waals surface area contributed by atoms with E-state index in [2.05, 4.69) is 21.0 Å². The first kappa shape index (κ1) is 15.5. The van der Waals surface area contributed by atoms with Crippen molar-refractivity contribution in [2.24, 2.45) is 0 Å². The maximum absolute atomic E-state index is 12.6. The van der Waals surface area contributed by atoms with E-state index in [1.54, 1.807) is 36.2 Å². The minimum atomic E-state index is -0.238. The third-order valence-electron chi connectivity index (χ3n) is 2.69. The molecule has 0 saturated heterocycles. The van der Waals surface area contributed by atoms with Crippen LogP contribution in [-0.2, 0) is 11.3 Å². The van der Waals surface area contributed by atoms with Crippen molar-refractivity contribution < 1.29 is 9.53 Å². The average Bonchev–Trinajstić information content (AvgIpc) is 2.79. The molecule has 1 aromatic carbocycles. The van der Waals surface area contributed by atoms with Crippen LogP contribution in [0.1, 0.15) is 16.1 Å². The lowest BCUT2D eigenvalue weighted by atomic mass is 10.1. The number of methoxy groups -OCH3 is 1. The number of carbonyl (C=O) groups is 1. The van der Waals surface area contributed by atoms with Crippen molar-refractivity contribution in [3.63, 3.8) is 0 Å². The normalized spacial score (nSPS) is 10.8. The molecule has 0 aliphatic carbocycles. The molecule has 0 unspecified atom stereocenters. The molecular weight excluding hydrogens is 367 g/mol. The fourth-order valence-electron chi connectivity index (χ4n) is 1.73. The first-order valence-electron chi connectivity index (χ1n) is 5.74. The Morgan fingerprint density at radius 2 is 2.20 bits per heavy atom. The number of carbonyl (C=O) groups excluding carboxylic acids is 1. The highest BCUT2D eigenvalue weighted by Gasteiger charge is 2.21. The van der Waals surface area contributed by atoms with Crippen LogP contribution in [0.5, 0.6) is 0 Å². The number of benzene rings is 1. The summed E-state index contributed by atoms with van der Waals surface area (Å²) in [5, 5.41) is 4.95. The van der Waals surface area contributed by atoms with Gasteiger partial charge in [-0.15, -0.1) is 0 Å². The number of ketones is 1. The van der Waals surface area contributed by atoms with Gasteiger partial charge in [0.2, 0.25) is 5.78 Å². The number of halogens is 3. The van der Waals surface area contributed by atoms with Gasteiger partial charge < -0.3 is 4.74 Å². The van der Waals surface area contributed by atoms with Gasteiger partial charge in [-0.25, -0.2) is 0 Å². The molecular formula is C13H11BrCl2N2O2. The standard InChI is InChI=1S/C13H11BrCl2N2O2/c1-20-5-4-18-12(10(14)7-17-18)13(19)9-6-8(15)2-3-11(9)16/h2-3,6-7H,4-5H2,1H3. The Balaban J connectivity index is 2.42. The molecule has 1 heterocycles. The fraction of sp³-hybridized carbons (Fsp3) is 0.231. The summed E-state index contributed by atoms with van der Waals surface area (Å²) in [5.74, 6) is -0.238. The molecule has 0 fully saturated rings. The lowest BCUT2D eigenvalue weighted by molar-refractivity contribution is 0.102. The van der Waals surface area contributed by atoms with Crippen molar-refractivity contribution in [1.29, 1.82) is 0 Å². The van der Waals surface area contributed by atoms with Crippen molar-refractivity contribution in [3.05, 3.63) is 50.2 Å². The van der Waals surface area contributed by atoms with Crippen LogP contribution >= 0.6 is 39.1 Å². The highest BCUT2D eigenvalue weighted by atomic mass is 79.9. The SMILES string of the molecule is COCCn1ncc(Br)c1C(=O)c1cc(Cl)ccc1Cl. The Bertz CT molecular complexity index is 643. The number of nitrogens with zero attached hydrogens (tertiary/aromatic N) is 2. The molecule has 2 aromatic rings. The zero-order chi connectivity index (χ0) is 14.7. The third-order valence-corrected chi connectivity index (χ3v) is 3.84. The minimum absolute atomic E-state index is 0.238. The van der Waals surface area contributed by atoms with Gasteiger partial charge in [0.25, 0.3) is 0 Å². The summed E-state index contributed by atoms with van der Waals surface area (Å²) in [6.45, 7) is 0.930. The van der Waals surface area contributed by atoms with Crippen LogP contribution in [0.25, 0.3) is 0 Å². The molecule has 1 aromatic heterocycles. The molecule has 0 spiro atoms. The highest BCUT2D eigenvalue weighted by Crippen LogP contribution is 2.26. The van der Waals surface area contributed by atoms with Gasteiger partial charge in [-0.3, -0.25) is 9.48 Å². The minimum Gasteiger partial charge on any atom is -0.383 e. The fourth-order valence-corrected chi connectivity index (χ4v) is 2.59. The van der Waals surface area contributed by atoms with Crippen LogP contribution in [-0.4, -0.2) is 29.3 Å². The van der Waals surface area contributed by atoms with Gasteiger partial charge in [-0.1, -0.05) is 23.2 Å².